The lowest BCUT2D eigenvalue weighted by Crippen LogP contribution is -2.75. The Morgan fingerprint density at radius 3 is 2.33 bits per heavy atom. The van der Waals surface area contributed by atoms with Gasteiger partial charge < -0.3 is 19.7 Å². The van der Waals surface area contributed by atoms with Gasteiger partial charge in [0.1, 0.15) is 28.4 Å². The molecule has 2 aromatic carbocycles. The summed E-state index contributed by atoms with van der Waals surface area (Å²) in [5.74, 6) is -1.46. The number of nitrogens with one attached hydrogen (secondary N) is 1. The van der Waals surface area contributed by atoms with E-state index in [1.165, 1.54) is 0 Å². The second-order valence-electron chi connectivity index (χ2n) is 7.37. The standard InChI is InChI=1S/C23H23ClN2O6S/c1-15(2)20(23(29)32-13-16-9-5-3-6-10-16)26-21(28)19(22(26)33(24)30)25-18(27)14-31-17-11-7-4-8-12-17/h3-12,19-20,22H,1,13-14H2,2H3,(H,25,27). The molecule has 1 aliphatic rings. The van der Waals surface area contributed by atoms with E-state index in [9.17, 15) is 18.6 Å². The number of carbonyl (C=O) groups excluding carboxylic acids is 3. The Kier molecular flexibility index (Phi) is 8.24. The first kappa shape index (κ1) is 24.5. The summed E-state index contributed by atoms with van der Waals surface area (Å²) in [5.41, 5.74) is 1.08. The summed E-state index contributed by atoms with van der Waals surface area (Å²) < 4.78 is 22.9. The summed E-state index contributed by atoms with van der Waals surface area (Å²) in [4.78, 5) is 38.9. The number of ether oxygens (including phenoxy) is 2. The molecule has 4 unspecified atom stereocenters. The third-order valence-electron chi connectivity index (χ3n) is 4.89. The summed E-state index contributed by atoms with van der Waals surface area (Å²) in [5, 5.41) is 1.34. The van der Waals surface area contributed by atoms with E-state index in [4.69, 9.17) is 20.2 Å². The van der Waals surface area contributed by atoms with Gasteiger partial charge >= 0.3 is 5.97 Å². The van der Waals surface area contributed by atoms with Gasteiger partial charge in [-0.15, -0.1) is 0 Å². The fraction of sp³-hybridized carbons (Fsp3) is 0.261. The first-order valence-corrected chi connectivity index (χ1v) is 12.1. The Balaban J connectivity index is 1.65. The van der Waals surface area contributed by atoms with E-state index in [-0.39, 0.29) is 13.2 Å². The number of hydrogen-bond acceptors (Lipinski definition) is 6. The molecule has 8 nitrogen and oxygen atoms in total. The number of benzene rings is 2. The maximum Gasteiger partial charge on any atom is 0.333 e. The van der Waals surface area contributed by atoms with Gasteiger partial charge in [0.25, 0.3) is 5.91 Å². The summed E-state index contributed by atoms with van der Waals surface area (Å²) in [6.45, 7) is 4.97. The summed E-state index contributed by atoms with van der Waals surface area (Å²) in [6.07, 6.45) is 0. The van der Waals surface area contributed by atoms with Crippen molar-refractivity contribution in [3.63, 3.8) is 0 Å². The van der Waals surface area contributed by atoms with Gasteiger partial charge in [0.05, 0.1) is 0 Å². The van der Waals surface area contributed by atoms with E-state index in [1.807, 2.05) is 6.07 Å². The third kappa shape index (κ3) is 6.00. The Hall–Kier alpha value is -3.17. The van der Waals surface area contributed by atoms with E-state index in [1.54, 1.807) is 61.5 Å². The predicted octanol–water partition coefficient (Wildman–Crippen LogP) is 2.31. The molecule has 2 amide bonds. The number of rotatable bonds is 10. The van der Waals surface area contributed by atoms with Crippen LogP contribution in [0.15, 0.2) is 72.8 Å². The molecule has 4 atom stereocenters. The van der Waals surface area contributed by atoms with Gasteiger partial charge in [-0.3, -0.25) is 9.59 Å². The van der Waals surface area contributed by atoms with Gasteiger partial charge in [-0.25, -0.2) is 9.00 Å². The van der Waals surface area contributed by atoms with Crippen LogP contribution < -0.4 is 10.1 Å². The molecule has 0 saturated carbocycles. The number of likely N-dealkylation sites (tertiary alicyclic amines) is 1. The lowest BCUT2D eigenvalue weighted by atomic mass is 9.99. The summed E-state index contributed by atoms with van der Waals surface area (Å²) in [7, 11) is 3.75. The predicted molar refractivity (Wildman–Crippen MR) is 123 cm³/mol. The normalized spacial score (nSPS) is 19.1. The third-order valence-corrected chi connectivity index (χ3v) is 6.32. The van der Waals surface area contributed by atoms with Crippen LogP contribution in [0, 0.1) is 0 Å². The van der Waals surface area contributed by atoms with Crippen molar-refractivity contribution >= 4 is 38.5 Å². The summed E-state index contributed by atoms with van der Waals surface area (Å²) in [6, 6.07) is 15.3. The Morgan fingerprint density at radius 2 is 1.76 bits per heavy atom. The maximum absolute atomic E-state index is 12.8. The average molecular weight is 491 g/mol. The fourth-order valence-corrected chi connectivity index (χ4v) is 4.70. The molecule has 0 bridgehead atoms. The molecule has 1 N–H and O–H groups in total. The van der Waals surface area contributed by atoms with Crippen molar-refractivity contribution < 1.29 is 28.1 Å². The van der Waals surface area contributed by atoms with E-state index < -0.39 is 45.3 Å². The minimum absolute atomic E-state index is 0.00287. The van der Waals surface area contributed by atoms with Crippen molar-refractivity contribution in [2.45, 2.75) is 31.0 Å². The second kappa shape index (κ2) is 11.1. The largest absolute Gasteiger partial charge is 0.484 e. The van der Waals surface area contributed by atoms with Gasteiger partial charge in [0.15, 0.2) is 18.0 Å². The highest BCUT2D eigenvalue weighted by Gasteiger charge is 2.56. The van der Waals surface area contributed by atoms with Crippen LogP contribution in [0.5, 0.6) is 5.75 Å². The molecule has 1 fully saturated rings. The Labute approximate surface area is 198 Å². The highest BCUT2D eigenvalue weighted by Crippen LogP contribution is 2.31. The first-order valence-electron chi connectivity index (χ1n) is 10.0. The number of halogens is 1. The SMILES string of the molecule is C=C(C)C(C(=O)OCc1ccccc1)N1C(=O)C(NC(=O)COc2ccccc2)C1S(=O)Cl. The van der Waals surface area contributed by atoms with Crippen LogP contribution >= 0.6 is 10.7 Å². The minimum Gasteiger partial charge on any atom is -0.484 e. The van der Waals surface area contributed by atoms with Gasteiger partial charge in [-0.1, -0.05) is 55.1 Å². The molecule has 2 aromatic rings. The van der Waals surface area contributed by atoms with E-state index in [0.717, 1.165) is 10.5 Å². The van der Waals surface area contributed by atoms with Gasteiger partial charge in [0, 0.05) is 0 Å². The lowest BCUT2D eigenvalue weighted by molar-refractivity contribution is -0.163. The van der Waals surface area contributed by atoms with Gasteiger partial charge in [-0.05, 0) is 40.9 Å². The van der Waals surface area contributed by atoms with Gasteiger partial charge in [0.2, 0.25) is 5.91 Å². The minimum atomic E-state index is -2.08. The fourth-order valence-electron chi connectivity index (χ4n) is 3.33. The second-order valence-corrected chi connectivity index (χ2v) is 9.27. The number of β-lactam (4-membered cyclic amide) rings is 1. The zero-order valence-corrected chi connectivity index (χ0v) is 19.4. The van der Waals surface area contributed by atoms with Crippen molar-refractivity contribution in [1.29, 1.82) is 0 Å². The Bertz CT molecular complexity index is 1050. The van der Waals surface area contributed by atoms with Crippen LogP contribution in [0.3, 0.4) is 0 Å². The molecule has 0 radical (unpaired) electrons. The molecule has 33 heavy (non-hydrogen) atoms. The van der Waals surface area contributed by atoms with Crippen molar-refractivity contribution in [3.8, 4) is 5.75 Å². The highest BCUT2D eigenvalue weighted by molar-refractivity contribution is 8.08. The summed E-state index contributed by atoms with van der Waals surface area (Å²) >= 11 is 0. The molecule has 1 aliphatic heterocycles. The van der Waals surface area contributed by atoms with Crippen molar-refractivity contribution in [3.05, 3.63) is 78.4 Å². The quantitative estimate of drug-likeness (QED) is 0.237. The molecule has 0 spiro atoms. The molecule has 0 aromatic heterocycles. The van der Waals surface area contributed by atoms with E-state index in [2.05, 4.69) is 11.9 Å². The number of hydrogen-bond donors (Lipinski definition) is 1. The zero-order valence-electron chi connectivity index (χ0n) is 17.8. The first-order chi connectivity index (χ1) is 15.8. The van der Waals surface area contributed by atoms with Crippen molar-refractivity contribution in [1.82, 2.24) is 10.2 Å². The van der Waals surface area contributed by atoms with Crippen LogP contribution in [-0.2, 0) is 35.7 Å². The highest BCUT2D eigenvalue weighted by atomic mass is 35.7. The topological polar surface area (TPSA) is 102 Å². The molecule has 1 saturated heterocycles. The number of nitrogens with zero attached hydrogens (tertiary/aromatic N) is 1. The molecule has 10 heteroatoms. The molecule has 3 rings (SSSR count). The monoisotopic (exact) mass is 490 g/mol. The number of para-hydroxylation sites is 1. The molecule has 1 heterocycles. The van der Waals surface area contributed by atoms with Gasteiger partial charge in [-0.2, -0.15) is 0 Å². The van der Waals surface area contributed by atoms with Crippen molar-refractivity contribution in [2.24, 2.45) is 0 Å². The molecule has 0 aliphatic carbocycles. The number of amides is 2. The number of carbonyl (C=O) groups is 3. The van der Waals surface area contributed by atoms with Crippen LogP contribution in [0.1, 0.15) is 12.5 Å². The molecular weight excluding hydrogens is 468 g/mol. The number of esters is 1. The van der Waals surface area contributed by atoms with Crippen molar-refractivity contribution in [2.75, 3.05) is 6.61 Å². The maximum atomic E-state index is 12.8. The van der Waals surface area contributed by atoms with Crippen LogP contribution in [0.25, 0.3) is 0 Å². The molecular formula is C23H23ClN2O6S. The lowest BCUT2D eigenvalue weighted by Gasteiger charge is -2.48. The van der Waals surface area contributed by atoms with Crippen LogP contribution in [0.2, 0.25) is 0 Å². The average Bonchev–Trinajstić information content (AvgIpc) is 2.80. The van der Waals surface area contributed by atoms with E-state index >= 15 is 0 Å². The van der Waals surface area contributed by atoms with E-state index in [0.29, 0.717) is 11.3 Å². The smallest absolute Gasteiger partial charge is 0.333 e. The Morgan fingerprint density at radius 1 is 1.15 bits per heavy atom. The zero-order chi connectivity index (χ0) is 24.0. The molecule has 174 valence electrons. The van der Waals surface area contributed by atoms with Crippen LogP contribution in [-0.4, -0.2) is 51.0 Å². The van der Waals surface area contributed by atoms with Crippen LogP contribution in [0.4, 0.5) is 0 Å².